The second kappa shape index (κ2) is 11.0. The van der Waals surface area contributed by atoms with E-state index < -0.39 is 0 Å². The Hall–Kier alpha value is -3.60. The topological polar surface area (TPSA) is 58.6 Å². The SMILES string of the molecule is CCc1ccc(CNC(=O)c2cccc([C@@H]3CCCN(C(=O)c4ccc(OC)cc4)C3)c2)cc1. The number of carbonyl (C=O) groups excluding carboxylic acids is 2. The van der Waals surface area contributed by atoms with E-state index in [0.717, 1.165) is 42.7 Å². The van der Waals surface area contributed by atoms with Gasteiger partial charge < -0.3 is 15.0 Å². The maximum absolute atomic E-state index is 13.0. The fraction of sp³-hybridized carbons (Fsp3) is 0.310. The maximum atomic E-state index is 13.0. The number of aryl methyl sites for hydroxylation is 1. The summed E-state index contributed by atoms with van der Waals surface area (Å²) in [5.74, 6) is 0.908. The number of rotatable bonds is 7. The van der Waals surface area contributed by atoms with Crippen molar-refractivity contribution in [1.29, 1.82) is 0 Å². The fourth-order valence-electron chi connectivity index (χ4n) is 4.46. The maximum Gasteiger partial charge on any atom is 0.253 e. The lowest BCUT2D eigenvalue weighted by Crippen LogP contribution is -2.39. The number of methoxy groups -OCH3 is 1. The van der Waals surface area contributed by atoms with Gasteiger partial charge in [0.25, 0.3) is 11.8 Å². The molecule has 1 N–H and O–H groups in total. The predicted octanol–water partition coefficient (Wildman–Crippen LogP) is 5.21. The van der Waals surface area contributed by atoms with Crippen molar-refractivity contribution in [3.05, 3.63) is 101 Å². The molecule has 3 aromatic rings. The van der Waals surface area contributed by atoms with Crippen LogP contribution in [-0.2, 0) is 13.0 Å². The molecule has 5 nitrogen and oxygen atoms in total. The van der Waals surface area contributed by atoms with Gasteiger partial charge in [-0.25, -0.2) is 0 Å². The van der Waals surface area contributed by atoms with Crippen molar-refractivity contribution in [2.24, 2.45) is 0 Å². The highest BCUT2D eigenvalue weighted by atomic mass is 16.5. The normalized spacial score (nSPS) is 15.6. The van der Waals surface area contributed by atoms with Gasteiger partial charge in [0.15, 0.2) is 0 Å². The Balaban J connectivity index is 1.39. The first kappa shape index (κ1) is 23.6. The Morgan fingerprint density at radius 2 is 1.71 bits per heavy atom. The Kier molecular flexibility index (Phi) is 7.63. The third-order valence-corrected chi connectivity index (χ3v) is 6.55. The van der Waals surface area contributed by atoms with Crippen LogP contribution in [-0.4, -0.2) is 36.9 Å². The number of carbonyl (C=O) groups is 2. The molecule has 0 radical (unpaired) electrons. The average Bonchev–Trinajstić information content (AvgIpc) is 2.91. The second-order valence-corrected chi connectivity index (χ2v) is 8.80. The second-order valence-electron chi connectivity index (χ2n) is 8.80. The van der Waals surface area contributed by atoms with Gasteiger partial charge in [-0.3, -0.25) is 9.59 Å². The van der Waals surface area contributed by atoms with Crippen LogP contribution < -0.4 is 10.1 Å². The van der Waals surface area contributed by atoms with Crippen LogP contribution in [0.5, 0.6) is 5.75 Å². The summed E-state index contributed by atoms with van der Waals surface area (Å²) in [6.45, 7) is 4.03. The van der Waals surface area contributed by atoms with Crippen molar-refractivity contribution in [3.8, 4) is 5.75 Å². The van der Waals surface area contributed by atoms with E-state index in [9.17, 15) is 9.59 Å². The van der Waals surface area contributed by atoms with Gasteiger partial charge >= 0.3 is 0 Å². The quantitative estimate of drug-likeness (QED) is 0.531. The lowest BCUT2D eigenvalue weighted by Gasteiger charge is -2.33. The summed E-state index contributed by atoms with van der Waals surface area (Å²) in [5.41, 5.74) is 4.80. The highest BCUT2D eigenvalue weighted by Crippen LogP contribution is 2.28. The van der Waals surface area contributed by atoms with Gasteiger partial charge in [-0.15, -0.1) is 0 Å². The molecule has 2 amide bonds. The number of hydrogen-bond acceptors (Lipinski definition) is 3. The average molecular weight is 457 g/mol. The van der Waals surface area contributed by atoms with Gasteiger partial charge in [0.2, 0.25) is 0 Å². The van der Waals surface area contributed by atoms with Crippen molar-refractivity contribution in [3.63, 3.8) is 0 Å². The Morgan fingerprint density at radius 3 is 2.41 bits per heavy atom. The van der Waals surface area contributed by atoms with E-state index in [2.05, 4.69) is 42.6 Å². The number of hydrogen-bond donors (Lipinski definition) is 1. The summed E-state index contributed by atoms with van der Waals surface area (Å²) in [7, 11) is 1.62. The highest BCUT2D eigenvalue weighted by Gasteiger charge is 2.26. The summed E-state index contributed by atoms with van der Waals surface area (Å²) >= 11 is 0. The molecule has 3 aromatic carbocycles. The molecule has 1 aliphatic heterocycles. The third-order valence-electron chi connectivity index (χ3n) is 6.55. The molecule has 1 heterocycles. The molecular formula is C29H32N2O3. The lowest BCUT2D eigenvalue weighted by molar-refractivity contribution is 0.0706. The number of likely N-dealkylation sites (tertiary alicyclic amines) is 1. The minimum absolute atomic E-state index is 0.0374. The van der Waals surface area contributed by atoms with Gasteiger partial charge in [0, 0.05) is 36.7 Å². The fourth-order valence-corrected chi connectivity index (χ4v) is 4.46. The van der Waals surface area contributed by atoms with Crippen molar-refractivity contribution < 1.29 is 14.3 Å². The molecule has 1 saturated heterocycles. The van der Waals surface area contributed by atoms with E-state index in [1.54, 1.807) is 7.11 Å². The zero-order chi connectivity index (χ0) is 23.9. The third kappa shape index (κ3) is 5.66. The zero-order valence-electron chi connectivity index (χ0n) is 19.9. The van der Waals surface area contributed by atoms with Crippen LogP contribution in [0.25, 0.3) is 0 Å². The summed E-state index contributed by atoms with van der Waals surface area (Å²) in [5, 5.41) is 3.03. The van der Waals surface area contributed by atoms with Crippen LogP contribution in [0.3, 0.4) is 0 Å². The first-order chi connectivity index (χ1) is 16.6. The largest absolute Gasteiger partial charge is 0.497 e. The molecule has 1 atom stereocenters. The van der Waals surface area contributed by atoms with Crippen molar-refractivity contribution in [1.82, 2.24) is 10.2 Å². The van der Waals surface area contributed by atoms with E-state index in [1.807, 2.05) is 47.4 Å². The predicted molar refractivity (Wildman–Crippen MR) is 134 cm³/mol. The first-order valence-electron chi connectivity index (χ1n) is 12.0. The van der Waals surface area contributed by atoms with Crippen molar-refractivity contribution in [2.45, 2.75) is 38.6 Å². The first-order valence-corrected chi connectivity index (χ1v) is 12.0. The summed E-state index contributed by atoms with van der Waals surface area (Å²) in [6.07, 6.45) is 2.95. The molecule has 4 rings (SSSR count). The Labute approximate surface area is 201 Å². The standard InChI is InChI=1S/C29H32N2O3/c1-3-21-9-11-22(12-10-21)19-30-28(32)25-7-4-6-24(18-25)26-8-5-17-31(20-26)29(33)23-13-15-27(34-2)16-14-23/h4,6-7,9-16,18,26H,3,5,8,17,19-20H2,1-2H3,(H,30,32)/t26-/m1/s1. The van der Waals surface area contributed by atoms with Gasteiger partial charge in [-0.05, 0) is 72.4 Å². The summed E-state index contributed by atoms with van der Waals surface area (Å²) in [6, 6.07) is 23.4. The van der Waals surface area contributed by atoms with E-state index in [-0.39, 0.29) is 17.7 Å². The van der Waals surface area contributed by atoms with Crippen LogP contribution in [0.4, 0.5) is 0 Å². The van der Waals surface area contributed by atoms with E-state index >= 15 is 0 Å². The number of piperidine rings is 1. The molecule has 0 unspecified atom stereocenters. The van der Waals surface area contributed by atoms with Crippen LogP contribution in [0.2, 0.25) is 0 Å². The molecule has 0 bridgehead atoms. The van der Waals surface area contributed by atoms with Crippen LogP contribution in [0, 0.1) is 0 Å². The molecule has 0 spiro atoms. The van der Waals surface area contributed by atoms with Crippen molar-refractivity contribution in [2.75, 3.05) is 20.2 Å². The molecular weight excluding hydrogens is 424 g/mol. The molecule has 5 heteroatoms. The minimum Gasteiger partial charge on any atom is -0.497 e. The molecule has 0 aliphatic carbocycles. The number of amides is 2. The number of benzene rings is 3. The van der Waals surface area contributed by atoms with E-state index in [4.69, 9.17) is 4.74 Å². The lowest BCUT2D eigenvalue weighted by atomic mass is 9.89. The summed E-state index contributed by atoms with van der Waals surface area (Å²) in [4.78, 5) is 27.8. The molecule has 1 fully saturated rings. The van der Waals surface area contributed by atoms with Crippen LogP contribution in [0.15, 0.2) is 72.8 Å². The molecule has 176 valence electrons. The van der Waals surface area contributed by atoms with Gasteiger partial charge in [0.05, 0.1) is 7.11 Å². The Morgan fingerprint density at radius 1 is 0.971 bits per heavy atom. The molecule has 0 saturated carbocycles. The monoisotopic (exact) mass is 456 g/mol. The number of nitrogens with zero attached hydrogens (tertiary/aromatic N) is 1. The van der Waals surface area contributed by atoms with Crippen LogP contribution >= 0.6 is 0 Å². The van der Waals surface area contributed by atoms with Gasteiger partial charge in [0.1, 0.15) is 5.75 Å². The van der Waals surface area contributed by atoms with E-state index in [0.29, 0.717) is 24.2 Å². The smallest absolute Gasteiger partial charge is 0.253 e. The van der Waals surface area contributed by atoms with Crippen molar-refractivity contribution >= 4 is 11.8 Å². The highest BCUT2D eigenvalue weighted by molar-refractivity contribution is 5.95. The minimum atomic E-state index is -0.0802. The van der Waals surface area contributed by atoms with Crippen LogP contribution in [0.1, 0.15) is 63.1 Å². The molecule has 1 aliphatic rings. The number of nitrogens with one attached hydrogen (secondary N) is 1. The number of ether oxygens (including phenoxy) is 1. The molecule has 0 aromatic heterocycles. The van der Waals surface area contributed by atoms with Gasteiger partial charge in [-0.2, -0.15) is 0 Å². The zero-order valence-corrected chi connectivity index (χ0v) is 19.9. The Bertz CT molecular complexity index is 1120. The summed E-state index contributed by atoms with van der Waals surface area (Å²) < 4.78 is 5.19. The van der Waals surface area contributed by atoms with Gasteiger partial charge in [-0.1, -0.05) is 43.3 Å². The van der Waals surface area contributed by atoms with E-state index in [1.165, 1.54) is 5.56 Å². The molecule has 34 heavy (non-hydrogen) atoms.